The predicted octanol–water partition coefficient (Wildman–Crippen LogP) is 3.51. The van der Waals surface area contributed by atoms with Crippen molar-refractivity contribution in [2.75, 3.05) is 6.54 Å². The van der Waals surface area contributed by atoms with Gasteiger partial charge in [-0.15, -0.1) is 0 Å². The van der Waals surface area contributed by atoms with Gasteiger partial charge < -0.3 is 5.73 Å². The molecule has 4 heteroatoms. The number of nitrogen functional groups attached to an aromatic ring is 1. The second-order valence-corrected chi connectivity index (χ2v) is 5.30. The standard InChI is InChI=1S/C16H26FN3/c1-4-6-9-20(12(3)5-2)11-13-7-8-14(17)10-15(13)16(18)19/h7-8,10,12H,4-6,9,11H2,1-3H3,(H3,18,19). The van der Waals surface area contributed by atoms with Gasteiger partial charge in [0.2, 0.25) is 0 Å². The zero-order chi connectivity index (χ0) is 15.1. The normalized spacial score (nSPS) is 12.7. The molecule has 1 aromatic rings. The van der Waals surface area contributed by atoms with Crippen molar-refractivity contribution in [1.82, 2.24) is 4.90 Å². The minimum atomic E-state index is -0.345. The third-order valence-electron chi connectivity index (χ3n) is 3.75. The van der Waals surface area contributed by atoms with Crippen molar-refractivity contribution in [2.45, 2.75) is 52.6 Å². The number of hydrogen-bond donors (Lipinski definition) is 2. The number of halogens is 1. The van der Waals surface area contributed by atoms with Crippen LogP contribution in [0.4, 0.5) is 4.39 Å². The number of amidine groups is 1. The fourth-order valence-corrected chi connectivity index (χ4v) is 2.23. The van der Waals surface area contributed by atoms with Gasteiger partial charge in [0.05, 0.1) is 0 Å². The summed E-state index contributed by atoms with van der Waals surface area (Å²) in [7, 11) is 0. The first kappa shape index (κ1) is 16.6. The molecule has 0 saturated heterocycles. The van der Waals surface area contributed by atoms with Gasteiger partial charge in [0.25, 0.3) is 0 Å². The lowest BCUT2D eigenvalue weighted by molar-refractivity contribution is 0.192. The first-order valence-corrected chi connectivity index (χ1v) is 7.36. The molecule has 0 aliphatic rings. The summed E-state index contributed by atoms with van der Waals surface area (Å²) in [5.74, 6) is -0.415. The van der Waals surface area contributed by atoms with Gasteiger partial charge >= 0.3 is 0 Å². The van der Waals surface area contributed by atoms with Gasteiger partial charge in [0.1, 0.15) is 11.7 Å². The van der Waals surface area contributed by atoms with E-state index >= 15 is 0 Å². The summed E-state index contributed by atoms with van der Waals surface area (Å²) >= 11 is 0. The Labute approximate surface area is 121 Å². The van der Waals surface area contributed by atoms with E-state index in [0.717, 1.165) is 31.4 Å². The Morgan fingerprint density at radius 2 is 2.10 bits per heavy atom. The maximum Gasteiger partial charge on any atom is 0.123 e. The lowest BCUT2D eigenvalue weighted by Gasteiger charge is -2.29. The fraction of sp³-hybridized carbons (Fsp3) is 0.562. The summed E-state index contributed by atoms with van der Waals surface area (Å²) in [6.07, 6.45) is 3.36. The molecule has 0 spiro atoms. The molecular formula is C16H26FN3. The van der Waals surface area contributed by atoms with Crippen molar-refractivity contribution >= 4 is 5.84 Å². The molecule has 3 nitrogen and oxygen atoms in total. The Balaban J connectivity index is 2.95. The van der Waals surface area contributed by atoms with Crippen LogP contribution in [0.15, 0.2) is 18.2 Å². The summed E-state index contributed by atoms with van der Waals surface area (Å²) in [6.45, 7) is 8.27. The zero-order valence-electron chi connectivity index (χ0n) is 12.7. The van der Waals surface area contributed by atoms with E-state index in [1.165, 1.54) is 12.1 Å². The Hall–Kier alpha value is -1.42. The monoisotopic (exact) mass is 279 g/mol. The Morgan fingerprint density at radius 1 is 1.40 bits per heavy atom. The average Bonchev–Trinajstić information content (AvgIpc) is 2.43. The van der Waals surface area contributed by atoms with Crippen molar-refractivity contribution in [3.63, 3.8) is 0 Å². The minimum Gasteiger partial charge on any atom is -0.384 e. The Morgan fingerprint density at radius 3 is 2.65 bits per heavy atom. The van der Waals surface area contributed by atoms with Crippen LogP contribution in [0.1, 0.15) is 51.2 Å². The fourth-order valence-electron chi connectivity index (χ4n) is 2.23. The van der Waals surface area contributed by atoms with Crippen molar-refractivity contribution in [3.05, 3.63) is 35.1 Å². The molecule has 3 N–H and O–H groups in total. The van der Waals surface area contributed by atoms with E-state index in [2.05, 4.69) is 25.7 Å². The molecule has 0 saturated carbocycles. The van der Waals surface area contributed by atoms with E-state index in [9.17, 15) is 4.39 Å². The molecule has 1 aromatic carbocycles. The molecule has 0 aliphatic carbocycles. The van der Waals surface area contributed by atoms with Crippen LogP contribution in [0.3, 0.4) is 0 Å². The van der Waals surface area contributed by atoms with Gasteiger partial charge in [-0.05, 0) is 44.0 Å². The Kier molecular flexibility index (Phi) is 6.65. The summed E-state index contributed by atoms with van der Waals surface area (Å²) in [5, 5.41) is 7.60. The zero-order valence-corrected chi connectivity index (χ0v) is 12.7. The number of unbranched alkanes of at least 4 members (excludes halogenated alkanes) is 1. The third-order valence-corrected chi connectivity index (χ3v) is 3.75. The average molecular weight is 279 g/mol. The van der Waals surface area contributed by atoms with Crippen molar-refractivity contribution in [3.8, 4) is 0 Å². The Bertz CT molecular complexity index is 445. The molecule has 1 unspecified atom stereocenters. The summed E-state index contributed by atoms with van der Waals surface area (Å²) < 4.78 is 13.3. The van der Waals surface area contributed by atoms with E-state index in [1.807, 2.05) is 0 Å². The molecule has 0 fully saturated rings. The van der Waals surface area contributed by atoms with Gasteiger partial charge in [0.15, 0.2) is 0 Å². The number of rotatable bonds is 8. The van der Waals surface area contributed by atoms with Crippen LogP contribution in [0, 0.1) is 11.2 Å². The van der Waals surface area contributed by atoms with Crippen LogP contribution in [-0.2, 0) is 6.54 Å². The highest BCUT2D eigenvalue weighted by Crippen LogP contribution is 2.17. The first-order chi connectivity index (χ1) is 9.49. The molecule has 0 bridgehead atoms. The topological polar surface area (TPSA) is 53.1 Å². The number of hydrogen-bond acceptors (Lipinski definition) is 2. The lowest BCUT2D eigenvalue weighted by Crippen LogP contribution is -2.33. The van der Waals surface area contributed by atoms with Crippen molar-refractivity contribution in [1.29, 1.82) is 5.41 Å². The number of nitrogens with two attached hydrogens (primary N) is 1. The molecule has 1 rings (SSSR count). The molecule has 0 aliphatic heterocycles. The highest BCUT2D eigenvalue weighted by atomic mass is 19.1. The highest BCUT2D eigenvalue weighted by molar-refractivity contribution is 5.96. The number of benzene rings is 1. The third kappa shape index (κ3) is 4.60. The molecule has 20 heavy (non-hydrogen) atoms. The van der Waals surface area contributed by atoms with Crippen LogP contribution in [0.2, 0.25) is 0 Å². The summed E-state index contributed by atoms with van der Waals surface area (Å²) in [4.78, 5) is 2.38. The van der Waals surface area contributed by atoms with Gasteiger partial charge in [-0.2, -0.15) is 0 Å². The molecule has 0 amide bonds. The van der Waals surface area contributed by atoms with Gasteiger partial charge in [-0.25, -0.2) is 4.39 Å². The van der Waals surface area contributed by atoms with Crippen molar-refractivity contribution in [2.24, 2.45) is 5.73 Å². The lowest BCUT2D eigenvalue weighted by atomic mass is 10.0. The SMILES string of the molecule is CCCCN(Cc1ccc(F)cc1C(=N)N)C(C)CC. The predicted molar refractivity (Wildman–Crippen MR) is 82.5 cm³/mol. The summed E-state index contributed by atoms with van der Waals surface area (Å²) in [6, 6.07) is 5.00. The molecule has 112 valence electrons. The molecule has 0 radical (unpaired) electrons. The van der Waals surface area contributed by atoms with E-state index in [-0.39, 0.29) is 11.7 Å². The van der Waals surface area contributed by atoms with Crippen LogP contribution < -0.4 is 5.73 Å². The largest absolute Gasteiger partial charge is 0.384 e. The minimum absolute atomic E-state index is 0.0703. The highest BCUT2D eigenvalue weighted by Gasteiger charge is 2.15. The van der Waals surface area contributed by atoms with Crippen LogP contribution in [-0.4, -0.2) is 23.3 Å². The second-order valence-electron chi connectivity index (χ2n) is 5.30. The number of nitrogens with zero attached hydrogens (tertiary/aromatic N) is 1. The van der Waals surface area contributed by atoms with E-state index in [1.54, 1.807) is 6.07 Å². The van der Waals surface area contributed by atoms with Crippen molar-refractivity contribution < 1.29 is 4.39 Å². The van der Waals surface area contributed by atoms with Crippen LogP contribution in [0.25, 0.3) is 0 Å². The van der Waals surface area contributed by atoms with Gasteiger partial charge in [0, 0.05) is 18.2 Å². The van der Waals surface area contributed by atoms with Crippen LogP contribution in [0.5, 0.6) is 0 Å². The molecule has 1 atom stereocenters. The van der Waals surface area contributed by atoms with Crippen LogP contribution >= 0.6 is 0 Å². The maximum absolute atomic E-state index is 13.3. The van der Waals surface area contributed by atoms with Gasteiger partial charge in [-0.3, -0.25) is 10.3 Å². The summed E-state index contributed by atoms with van der Waals surface area (Å²) in [5.41, 5.74) is 7.00. The molecular weight excluding hydrogens is 253 g/mol. The first-order valence-electron chi connectivity index (χ1n) is 7.36. The second kappa shape index (κ2) is 8.00. The molecule has 0 aromatic heterocycles. The number of nitrogens with one attached hydrogen (secondary N) is 1. The quantitative estimate of drug-likeness (QED) is 0.565. The smallest absolute Gasteiger partial charge is 0.123 e. The van der Waals surface area contributed by atoms with Gasteiger partial charge in [-0.1, -0.05) is 26.3 Å². The van der Waals surface area contributed by atoms with E-state index in [0.29, 0.717) is 18.2 Å². The molecule has 0 heterocycles. The van der Waals surface area contributed by atoms with E-state index in [4.69, 9.17) is 11.1 Å². The van der Waals surface area contributed by atoms with E-state index < -0.39 is 0 Å². The maximum atomic E-state index is 13.3.